The van der Waals surface area contributed by atoms with Crippen molar-refractivity contribution in [2.75, 3.05) is 13.6 Å². The van der Waals surface area contributed by atoms with Gasteiger partial charge in [0.2, 0.25) is 0 Å². The van der Waals surface area contributed by atoms with Gasteiger partial charge in [-0.2, -0.15) is 0 Å². The SMILES string of the molecule is CNCCCc1coc(Cc2ccccc2C)n1. The van der Waals surface area contributed by atoms with Gasteiger partial charge in [-0.1, -0.05) is 24.3 Å². The van der Waals surface area contributed by atoms with Crippen molar-refractivity contribution < 1.29 is 4.42 Å². The van der Waals surface area contributed by atoms with Crippen molar-refractivity contribution in [2.24, 2.45) is 0 Å². The number of rotatable bonds is 6. The Morgan fingerprint density at radius 3 is 2.89 bits per heavy atom. The zero-order chi connectivity index (χ0) is 12.8. The lowest BCUT2D eigenvalue weighted by Crippen LogP contribution is -2.08. The highest BCUT2D eigenvalue weighted by Gasteiger charge is 2.06. The predicted molar refractivity (Wildman–Crippen MR) is 72.7 cm³/mol. The van der Waals surface area contributed by atoms with E-state index in [1.54, 1.807) is 6.26 Å². The number of aromatic nitrogens is 1. The molecule has 3 nitrogen and oxygen atoms in total. The number of nitrogens with one attached hydrogen (secondary N) is 1. The first-order valence-corrected chi connectivity index (χ1v) is 6.42. The van der Waals surface area contributed by atoms with Crippen molar-refractivity contribution >= 4 is 0 Å². The predicted octanol–water partition coefficient (Wildman–Crippen LogP) is 2.73. The van der Waals surface area contributed by atoms with Crippen LogP contribution in [-0.4, -0.2) is 18.6 Å². The summed E-state index contributed by atoms with van der Waals surface area (Å²) in [4.78, 5) is 4.52. The maximum absolute atomic E-state index is 5.52. The molecule has 0 aliphatic carbocycles. The Hall–Kier alpha value is -1.61. The smallest absolute Gasteiger partial charge is 0.198 e. The Bertz CT molecular complexity index is 491. The molecule has 3 heteroatoms. The highest BCUT2D eigenvalue weighted by Crippen LogP contribution is 2.13. The average molecular weight is 244 g/mol. The van der Waals surface area contributed by atoms with Crippen LogP contribution in [0.3, 0.4) is 0 Å². The molecular formula is C15H20N2O. The highest BCUT2D eigenvalue weighted by molar-refractivity contribution is 5.27. The average Bonchev–Trinajstić information content (AvgIpc) is 2.80. The van der Waals surface area contributed by atoms with E-state index in [-0.39, 0.29) is 0 Å². The van der Waals surface area contributed by atoms with Gasteiger partial charge in [-0.25, -0.2) is 4.98 Å². The Balaban J connectivity index is 1.96. The summed E-state index contributed by atoms with van der Waals surface area (Å²) in [6.07, 6.45) is 4.62. The molecule has 0 fully saturated rings. The minimum absolute atomic E-state index is 0.776. The van der Waals surface area contributed by atoms with Crippen molar-refractivity contribution in [3.8, 4) is 0 Å². The van der Waals surface area contributed by atoms with Crippen LogP contribution in [0, 0.1) is 6.92 Å². The summed E-state index contributed by atoms with van der Waals surface area (Å²) >= 11 is 0. The summed E-state index contributed by atoms with van der Waals surface area (Å²) in [5, 5.41) is 3.13. The van der Waals surface area contributed by atoms with Gasteiger partial charge in [0.15, 0.2) is 5.89 Å². The fourth-order valence-corrected chi connectivity index (χ4v) is 1.96. The molecule has 0 unspecified atom stereocenters. The summed E-state index contributed by atoms with van der Waals surface area (Å²) in [5.74, 6) is 0.809. The second-order valence-corrected chi connectivity index (χ2v) is 4.54. The molecule has 0 saturated heterocycles. The summed E-state index contributed by atoms with van der Waals surface area (Å²) < 4.78 is 5.52. The first-order chi connectivity index (χ1) is 8.79. The Kier molecular flexibility index (Phi) is 4.53. The van der Waals surface area contributed by atoms with Crippen LogP contribution in [0.5, 0.6) is 0 Å². The number of hydrogen-bond acceptors (Lipinski definition) is 3. The lowest BCUT2D eigenvalue weighted by atomic mass is 10.1. The molecule has 1 heterocycles. The van der Waals surface area contributed by atoms with Gasteiger partial charge in [-0.15, -0.1) is 0 Å². The summed E-state index contributed by atoms with van der Waals surface area (Å²) in [6.45, 7) is 3.13. The van der Waals surface area contributed by atoms with Gasteiger partial charge < -0.3 is 9.73 Å². The quantitative estimate of drug-likeness (QED) is 0.794. The Morgan fingerprint density at radius 2 is 2.11 bits per heavy atom. The molecule has 2 aromatic rings. The van der Waals surface area contributed by atoms with Crippen LogP contribution < -0.4 is 5.32 Å². The fraction of sp³-hybridized carbons (Fsp3) is 0.400. The number of hydrogen-bond donors (Lipinski definition) is 1. The zero-order valence-electron chi connectivity index (χ0n) is 11.1. The van der Waals surface area contributed by atoms with E-state index in [9.17, 15) is 0 Å². The molecule has 1 aromatic carbocycles. The molecule has 96 valence electrons. The lowest BCUT2D eigenvalue weighted by molar-refractivity contribution is 0.505. The van der Waals surface area contributed by atoms with Crippen LogP contribution in [0.15, 0.2) is 34.9 Å². The van der Waals surface area contributed by atoms with Crippen LogP contribution in [0.1, 0.15) is 29.1 Å². The number of oxazole rings is 1. The van der Waals surface area contributed by atoms with Gasteiger partial charge >= 0.3 is 0 Å². The van der Waals surface area contributed by atoms with Crippen molar-refractivity contribution in [3.63, 3.8) is 0 Å². The van der Waals surface area contributed by atoms with E-state index in [1.165, 1.54) is 11.1 Å². The van der Waals surface area contributed by atoms with E-state index in [1.807, 2.05) is 7.05 Å². The van der Waals surface area contributed by atoms with E-state index in [0.717, 1.165) is 37.4 Å². The highest BCUT2D eigenvalue weighted by atomic mass is 16.3. The van der Waals surface area contributed by atoms with Gasteiger partial charge in [0.05, 0.1) is 5.69 Å². The fourth-order valence-electron chi connectivity index (χ4n) is 1.96. The zero-order valence-corrected chi connectivity index (χ0v) is 11.1. The van der Waals surface area contributed by atoms with Gasteiger partial charge in [-0.3, -0.25) is 0 Å². The molecule has 0 saturated carbocycles. The Morgan fingerprint density at radius 1 is 1.28 bits per heavy atom. The van der Waals surface area contributed by atoms with Crippen molar-refractivity contribution in [3.05, 3.63) is 53.2 Å². The maximum atomic E-state index is 5.52. The van der Waals surface area contributed by atoms with Gasteiger partial charge in [0.1, 0.15) is 6.26 Å². The standard InChI is InChI=1S/C15H20N2O/c1-12-6-3-4-7-13(12)10-15-17-14(11-18-15)8-5-9-16-2/h3-4,6-7,11,16H,5,8-10H2,1-2H3. The topological polar surface area (TPSA) is 38.1 Å². The third kappa shape index (κ3) is 3.44. The molecule has 1 N–H and O–H groups in total. The number of aryl methyl sites for hydroxylation is 2. The summed E-state index contributed by atoms with van der Waals surface area (Å²) in [5.41, 5.74) is 3.61. The molecule has 18 heavy (non-hydrogen) atoms. The molecule has 0 aliphatic heterocycles. The van der Waals surface area contributed by atoms with Crippen molar-refractivity contribution in [1.29, 1.82) is 0 Å². The number of benzene rings is 1. The van der Waals surface area contributed by atoms with Crippen LogP contribution in [0.25, 0.3) is 0 Å². The first kappa shape index (κ1) is 12.8. The van der Waals surface area contributed by atoms with Gasteiger partial charge in [-0.05, 0) is 44.5 Å². The van der Waals surface area contributed by atoms with Crippen LogP contribution in [0.4, 0.5) is 0 Å². The maximum Gasteiger partial charge on any atom is 0.198 e. The van der Waals surface area contributed by atoms with Crippen LogP contribution in [-0.2, 0) is 12.8 Å². The van der Waals surface area contributed by atoms with E-state index in [4.69, 9.17) is 4.42 Å². The summed E-state index contributed by atoms with van der Waals surface area (Å²) in [6, 6.07) is 8.35. The third-order valence-electron chi connectivity index (χ3n) is 3.06. The monoisotopic (exact) mass is 244 g/mol. The second kappa shape index (κ2) is 6.36. The third-order valence-corrected chi connectivity index (χ3v) is 3.06. The van der Waals surface area contributed by atoms with Crippen LogP contribution >= 0.6 is 0 Å². The summed E-state index contributed by atoms with van der Waals surface area (Å²) in [7, 11) is 1.96. The lowest BCUT2D eigenvalue weighted by Gasteiger charge is -2.01. The number of nitrogens with zero attached hydrogens (tertiary/aromatic N) is 1. The van der Waals surface area contributed by atoms with Gasteiger partial charge in [0, 0.05) is 6.42 Å². The second-order valence-electron chi connectivity index (χ2n) is 4.54. The molecular weight excluding hydrogens is 224 g/mol. The molecule has 0 spiro atoms. The van der Waals surface area contributed by atoms with E-state index < -0.39 is 0 Å². The molecule has 0 bridgehead atoms. The first-order valence-electron chi connectivity index (χ1n) is 6.42. The van der Waals surface area contributed by atoms with Crippen LogP contribution in [0.2, 0.25) is 0 Å². The molecule has 2 rings (SSSR count). The normalized spacial score (nSPS) is 10.8. The molecule has 0 amide bonds. The van der Waals surface area contributed by atoms with E-state index >= 15 is 0 Å². The molecule has 0 radical (unpaired) electrons. The van der Waals surface area contributed by atoms with E-state index in [2.05, 4.69) is 41.5 Å². The minimum Gasteiger partial charge on any atom is -0.448 e. The molecule has 0 atom stereocenters. The minimum atomic E-state index is 0.776. The molecule has 1 aromatic heterocycles. The van der Waals surface area contributed by atoms with Crippen molar-refractivity contribution in [1.82, 2.24) is 10.3 Å². The largest absolute Gasteiger partial charge is 0.448 e. The Labute approximate surface area is 108 Å². The molecule has 0 aliphatic rings. The van der Waals surface area contributed by atoms with Gasteiger partial charge in [0.25, 0.3) is 0 Å². The van der Waals surface area contributed by atoms with E-state index in [0.29, 0.717) is 0 Å². The van der Waals surface area contributed by atoms with Crippen molar-refractivity contribution in [2.45, 2.75) is 26.2 Å².